The van der Waals surface area contributed by atoms with Gasteiger partial charge in [0.05, 0.1) is 21.9 Å². The highest BCUT2D eigenvalue weighted by Gasteiger charge is 2.53. The lowest BCUT2D eigenvalue weighted by Crippen LogP contribution is -2.26. The molecule has 12 aromatic carbocycles. The molecule has 0 aliphatic heterocycles. The Bertz CT molecular complexity index is 4270. The highest BCUT2D eigenvalue weighted by Crippen LogP contribution is 2.65. The Morgan fingerprint density at radius 3 is 1.05 bits per heavy atom. The van der Waals surface area contributed by atoms with Gasteiger partial charge in [0, 0.05) is 33.5 Å². The summed E-state index contributed by atoms with van der Waals surface area (Å²) in [6.45, 7) is 0. The fourth-order valence-electron chi connectivity index (χ4n) is 14.7. The number of hydrogen-bond acceptors (Lipinski definition) is 1. The molecular formula is C74H46N2. The molecule has 0 unspecified atom stereocenters. The van der Waals surface area contributed by atoms with Crippen molar-refractivity contribution in [2.24, 2.45) is 0 Å². The number of benzene rings is 12. The molecule has 0 atom stereocenters. The van der Waals surface area contributed by atoms with E-state index in [9.17, 15) is 0 Å². The third-order valence-corrected chi connectivity index (χ3v) is 17.6. The molecule has 2 heteroatoms. The molecule has 4 aliphatic rings. The number of aromatic nitrogens is 1. The fraction of sp³-hybridized carbons (Fsp3) is 0.0270. The van der Waals surface area contributed by atoms with E-state index in [1.807, 2.05) is 0 Å². The van der Waals surface area contributed by atoms with E-state index < -0.39 is 10.8 Å². The largest absolute Gasteiger partial charge is 0.310 e. The maximum absolute atomic E-state index is 2.52. The SMILES string of the molecule is c1ccc(-n2c3ccccc3c3cc(-c4ccc(N(c5ccc6c(c5)C5(c7ccccc7-c7ccccc75)c5ccccc5-6)c5ccc6c(c5)C5(c7ccccc7-c7ccccc75)c5ccccc5-6)cc4)ccc32)cc1. The molecule has 2 spiro atoms. The van der Waals surface area contributed by atoms with Crippen LogP contribution in [0.2, 0.25) is 0 Å². The first-order valence-corrected chi connectivity index (χ1v) is 26.6. The smallest absolute Gasteiger partial charge is 0.0726 e. The topological polar surface area (TPSA) is 8.17 Å². The molecular weight excluding hydrogens is 917 g/mol. The second-order valence-corrected chi connectivity index (χ2v) is 21.0. The van der Waals surface area contributed by atoms with Crippen LogP contribution in [0.25, 0.3) is 83.1 Å². The zero-order valence-corrected chi connectivity index (χ0v) is 41.5. The summed E-state index contributed by atoms with van der Waals surface area (Å²) < 4.78 is 2.39. The first kappa shape index (κ1) is 41.7. The number of hydrogen-bond donors (Lipinski definition) is 0. The number of fused-ring (bicyclic) bond motifs is 23. The highest BCUT2D eigenvalue weighted by molar-refractivity contribution is 6.10. The van der Waals surface area contributed by atoms with E-state index >= 15 is 0 Å². The average molecular weight is 963 g/mol. The number of anilines is 3. The predicted octanol–water partition coefficient (Wildman–Crippen LogP) is 18.6. The molecule has 0 amide bonds. The van der Waals surface area contributed by atoms with Gasteiger partial charge in [-0.1, -0.05) is 212 Å². The van der Waals surface area contributed by atoms with E-state index in [1.165, 1.54) is 122 Å². The Balaban J connectivity index is 0.887. The molecule has 0 saturated heterocycles. The molecule has 17 rings (SSSR count). The van der Waals surface area contributed by atoms with E-state index in [0.717, 1.165) is 22.7 Å². The van der Waals surface area contributed by atoms with Gasteiger partial charge >= 0.3 is 0 Å². The van der Waals surface area contributed by atoms with Crippen LogP contribution in [0.15, 0.2) is 279 Å². The van der Waals surface area contributed by atoms with Crippen molar-refractivity contribution in [1.82, 2.24) is 4.57 Å². The van der Waals surface area contributed by atoms with Crippen LogP contribution in [0, 0.1) is 0 Å². The molecule has 0 radical (unpaired) electrons. The van der Waals surface area contributed by atoms with Gasteiger partial charge in [-0.2, -0.15) is 0 Å². The van der Waals surface area contributed by atoms with E-state index in [-0.39, 0.29) is 0 Å². The standard InChI is InChI=1S/C74H46N2/c1-2-18-49(19-3-1)76-71-33-17-10-26-61(71)62-44-48(36-43-72(62)76)47-34-37-50(38-35-47)75(51-39-41-59-57-24-8-15-31-67(57)73(69(59)45-51)63-27-11-4-20-53(63)54-21-5-12-28-64(54)73)52-40-42-60-58-25-9-16-32-68(58)74(70(60)46-52)65-29-13-6-22-55(65)56-23-7-14-30-66(56)74/h1-46H. The van der Waals surface area contributed by atoms with Crippen molar-refractivity contribution in [2.75, 3.05) is 4.90 Å². The van der Waals surface area contributed by atoms with Crippen molar-refractivity contribution >= 4 is 38.9 Å². The minimum absolute atomic E-state index is 0.478. The second kappa shape index (κ2) is 15.4. The van der Waals surface area contributed by atoms with E-state index in [4.69, 9.17) is 0 Å². The van der Waals surface area contributed by atoms with Crippen LogP contribution in [0.5, 0.6) is 0 Å². The first-order valence-electron chi connectivity index (χ1n) is 26.6. The van der Waals surface area contributed by atoms with Gasteiger partial charge in [0.15, 0.2) is 0 Å². The number of rotatable bonds is 5. The van der Waals surface area contributed by atoms with Crippen LogP contribution in [0.4, 0.5) is 17.1 Å². The third kappa shape index (κ3) is 5.30. The van der Waals surface area contributed by atoms with Gasteiger partial charge in [-0.05, 0) is 167 Å². The van der Waals surface area contributed by atoms with Crippen LogP contribution in [0.1, 0.15) is 44.5 Å². The van der Waals surface area contributed by atoms with Crippen molar-refractivity contribution in [3.8, 4) is 61.3 Å². The molecule has 0 fully saturated rings. The van der Waals surface area contributed by atoms with Gasteiger partial charge in [0.1, 0.15) is 0 Å². The van der Waals surface area contributed by atoms with Crippen molar-refractivity contribution in [1.29, 1.82) is 0 Å². The van der Waals surface area contributed by atoms with Crippen molar-refractivity contribution < 1.29 is 0 Å². The molecule has 0 N–H and O–H groups in total. The average Bonchev–Trinajstić information content (AvgIpc) is 4.28. The lowest BCUT2D eigenvalue weighted by Gasteiger charge is -2.33. The molecule has 0 saturated carbocycles. The van der Waals surface area contributed by atoms with Crippen LogP contribution in [0.3, 0.4) is 0 Å². The number of para-hydroxylation sites is 2. The summed E-state index contributed by atoms with van der Waals surface area (Å²) in [6, 6.07) is 105. The summed E-state index contributed by atoms with van der Waals surface area (Å²) in [6.07, 6.45) is 0. The molecule has 0 bridgehead atoms. The predicted molar refractivity (Wildman–Crippen MR) is 313 cm³/mol. The van der Waals surface area contributed by atoms with Crippen molar-refractivity contribution in [3.05, 3.63) is 324 Å². The van der Waals surface area contributed by atoms with Gasteiger partial charge in [0.2, 0.25) is 0 Å². The van der Waals surface area contributed by atoms with Crippen LogP contribution >= 0.6 is 0 Å². The normalized spacial score (nSPS) is 14.0. The summed E-state index contributed by atoms with van der Waals surface area (Å²) in [4.78, 5) is 2.52. The van der Waals surface area contributed by atoms with Gasteiger partial charge in [0.25, 0.3) is 0 Å². The third-order valence-electron chi connectivity index (χ3n) is 17.6. The summed E-state index contributed by atoms with van der Waals surface area (Å²) in [7, 11) is 0. The first-order chi connectivity index (χ1) is 37.7. The van der Waals surface area contributed by atoms with Crippen molar-refractivity contribution in [3.63, 3.8) is 0 Å². The fourth-order valence-corrected chi connectivity index (χ4v) is 14.7. The monoisotopic (exact) mass is 962 g/mol. The highest BCUT2D eigenvalue weighted by atomic mass is 15.1. The van der Waals surface area contributed by atoms with Gasteiger partial charge in [-0.25, -0.2) is 0 Å². The Morgan fingerprint density at radius 2 is 0.592 bits per heavy atom. The molecule has 2 nitrogen and oxygen atoms in total. The van der Waals surface area contributed by atoms with E-state index in [0.29, 0.717) is 0 Å². The lowest BCUT2D eigenvalue weighted by molar-refractivity contribution is 0.792. The maximum atomic E-state index is 2.52. The molecule has 1 heterocycles. The van der Waals surface area contributed by atoms with Crippen LogP contribution in [-0.4, -0.2) is 4.57 Å². The van der Waals surface area contributed by atoms with E-state index in [2.05, 4.69) is 289 Å². The molecule has 13 aromatic rings. The maximum Gasteiger partial charge on any atom is 0.0726 e. The molecule has 352 valence electrons. The second-order valence-electron chi connectivity index (χ2n) is 21.0. The van der Waals surface area contributed by atoms with Gasteiger partial charge < -0.3 is 9.47 Å². The zero-order chi connectivity index (χ0) is 49.7. The summed E-state index contributed by atoms with van der Waals surface area (Å²) in [5.74, 6) is 0. The minimum Gasteiger partial charge on any atom is -0.310 e. The summed E-state index contributed by atoms with van der Waals surface area (Å²) >= 11 is 0. The molecule has 4 aliphatic carbocycles. The Labute approximate surface area is 441 Å². The quantitative estimate of drug-likeness (QED) is 0.167. The van der Waals surface area contributed by atoms with Gasteiger partial charge in [-0.15, -0.1) is 0 Å². The Morgan fingerprint density at radius 1 is 0.237 bits per heavy atom. The van der Waals surface area contributed by atoms with Gasteiger partial charge in [-0.3, -0.25) is 0 Å². The summed E-state index contributed by atoms with van der Waals surface area (Å²) in [5.41, 5.74) is 29.4. The van der Waals surface area contributed by atoms with Crippen LogP contribution < -0.4 is 4.90 Å². The lowest BCUT2D eigenvalue weighted by atomic mass is 9.70. The summed E-state index contributed by atoms with van der Waals surface area (Å²) in [5, 5.41) is 2.49. The van der Waals surface area contributed by atoms with E-state index in [1.54, 1.807) is 0 Å². The van der Waals surface area contributed by atoms with Crippen LogP contribution in [-0.2, 0) is 10.8 Å². The van der Waals surface area contributed by atoms with Crippen molar-refractivity contribution in [2.45, 2.75) is 10.8 Å². The zero-order valence-electron chi connectivity index (χ0n) is 41.5. The number of nitrogens with zero attached hydrogens (tertiary/aromatic N) is 2. The Kier molecular flexibility index (Phi) is 8.44. The molecule has 76 heavy (non-hydrogen) atoms. The minimum atomic E-state index is -0.478. The Hall–Kier alpha value is -9.76. The molecule has 1 aromatic heterocycles.